The summed E-state index contributed by atoms with van der Waals surface area (Å²) in [5, 5.41) is 2.93. The molecule has 0 unspecified atom stereocenters. The van der Waals surface area contributed by atoms with Crippen molar-refractivity contribution in [2.45, 2.75) is 32.7 Å². The number of aromatic nitrogens is 2. The summed E-state index contributed by atoms with van der Waals surface area (Å²) >= 11 is 0. The summed E-state index contributed by atoms with van der Waals surface area (Å²) in [4.78, 5) is 22.2. The molecule has 0 spiro atoms. The van der Waals surface area contributed by atoms with Crippen LogP contribution in [0.15, 0.2) is 18.6 Å². The zero-order chi connectivity index (χ0) is 13.7. The highest BCUT2D eigenvalue weighted by molar-refractivity contribution is 5.91. The minimum Gasteiger partial charge on any atom is -0.349 e. The highest BCUT2D eigenvalue weighted by Crippen LogP contribution is 2.17. The third kappa shape index (κ3) is 3.99. The lowest BCUT2D eigenvalue weighted by molar-refractivity contribution is 0.0912. The molecule has 1 aromatic rings. The molecule has 104 valence electrons. The van der Waals surface area contributed by atoms with Crippen LogP contribution >= 0.6 is 0 Å². The monoisotopic (exact) mass is 262 g/mol. The van der Waals surface area contributed by atoms with E-state index in [1.165, 1.54) is 25.2 Å². The molecular weight excluding hydrogens is 240 g/mol. The number of nitrogens with zero attached hydrogens (tertiary/aromatic N) is 3. The van der Waals surface area contributed by atoms with Gasteiger partial charge >= 0.3 is 0 Å². The molecule has 1 amide bonds. The quantitative estimate of drug-likeness (QED) is 0.889. The highest BCUT2D eigenvalue weighted by atomic mass is 16.1. The molecule has 1 saturated heterocycles. The summed E-state index contributed by atoms with van der Waals surface area (Å²) in [6, 6.07) is 0.364. The molecule has 0 radical (unpaired) electrons. The van der Waals surface area contributed by atoms with E-state index in [1.807, 2.05) is 0 Å². The van der Waals surface area contributed by atoms with Crippen molar-refractivity contribution in [2.75, 3.05) is 19.6 Å². The number of hydrogen-bond acceptors (Lipinski definition) is 4. The van der Waals surface area contributed by atoms with Crippen LogP contribution in [-0.4, -0.2) is 46.5 Å². The zero-order valence-electron chi connectivity index (χ0n) is 11.7. The van der Waals surface area contributed by atoms with Gasteiger partial charge in [-0.15, -0.1) is 0 Å². The van der Waals surface area contributed by atoms with Crippen LogP contribution < -0.4 is 5.32 Å². The van der Waals surface area contributed by atoms with Crippen molar-refractivity contribution >= 4 is 5.91 Å². The van der Waals surface area contributed by atoms with Gasteiger partial charge in [-0.25, -0.2) is 4.98 Å². The standard InChI is InChI=1S/C14H22N4O/c1-11-4-3-7-18(10-11)12(2)8-17-14(19)13-9-15-5-6-16-13/h5-6,9,11-12H,3-4,7-8,10H2,1-2H3,(H,17,19)/t11-,12-/m0/s1. The molecule has 1 aliphatic heterocycles. The van der Waals surface area contributed by atoms with Crippen molar-refractivity contribution in [3.8, 4) is 0 Å². The Bertz CT molecular complexity index is 409. The van der Waals surface area contributed by atoms with E-state index in [9.17, 15) is 4.79 Å². The lowest BCUT2D eigenvalue weighted by Crippen LogP contribution is -2.46. The molecule has 5 nitrogen and oxygen atoms in total. The van der Waals surface area contributed by atoms with Crippen molar-refractivity contribution in [1.29, 1.82) is 0 Å². The largest absolute Gasteiger partial charge is 0.349 e. The second kappa shape index (κ2) is 6.61. The molecule has 1 aliphatic rings. The Morgan fingerprint density at radius 2 is 2.42 bits per heavy atom. The van der Waals surface area contributed by atoms with Gasteiger partial charge in [0.1, 0.15) is 5.69 Å². The highest BCUT2D eigenvalue weighted by Gasteiger charge is 2.21. The van der Waals surface area contributed by atoms with E-state index in [2.05, 4.69) is 34.0 Å². The fourth-order valence-electron chi connectivity index (χ4n) is 2.50. The van der Waals surface area contributed by atoms with Crippen molar-refractivity contribution in [2.24, 2.45) is 5.92 Å². The lowest BCUT2D eigenvalue weighted by atomic mass is 9.99. The van der Waals surface area contributed by atoms with Crippen LogP contribution in [0.1, 0.15) is 37.2 Å². The summed E-state index contributed by atoms with van der Waals surface area (Å²) < 4.78 is 0. The molecule has 5 heteroatoms. The van der Waals surface area contributed by atoms with Gasteiger partial charge in [0.25, 0.3) is 5.91 Å². The van der Waals surface area contributed by atoms with Gasteiger partial charge in [-0.1, -0.05) is 6.92 Å². The van der Waals surface area contributed by atoms with E-state index >= 15 is 0 Å². The average Bonchev–Trinajstić information content (AvgIpc) is 2.45. The summed E-state index contributed by atoms with van der Waals surface area (Å²) in [6.07, 6.45) is 7.15. The van der Waals surface area contributed by atoms with Crippen molar-refractivity contribution in [1.82, 2.24) is 20.2 Å². The molecule has 1 N–H and O–H groups in total. The van der Waals surface area contributed by atoms with Gasteiger partial charge < -0.3 is 5.32 Å². The first-order valence-corrected chi connectivity index (χ1v) is 6.95. The fraction of sp³-hybridized carbons (Fsp3) is 0.643. The number of rotatable bonds is 4. The first-order valence-electron chi connectivity index (χ1n) is 6.95. The fourth-order valence-corrected chi connectivity index (χ4v) is 2.50. The minimum atomic E-state index is -0.148. The second-order valence-corrected chi connectivity index (χ2v) is 5.39. The number of carbonyl (C=O) groups is 1. The maximum atomic E-state index is 11.9. The topological polar surface area (TPSA) is 58.1 Å². The molecule has 0 aliphatic carbocycles. The average molecular weight is 262 g/mol. The van der Waals surface area contributed by atoms with Crippen molar-refractivity contribution < 1.29 is 4.79 Å². The van der Waals surface area contributed by atoms with Crippen molar-refractivity contribution in [3.63, 3.8) is 0 Å². The molecule has 0 bridgehead atoms. The summed E-state index contributed by atoms with van der Waals surface area (Å²) in [6.45, 7) is 7.36. The normalized spacial score (nSPS) is 21.9. The molecule has 1 fully saturated rings. The molecule has 1 aromatic heterocycles. The number of hydrogen-bond donors (Lipinski definition) is 1. The van der Waals surface area contributed by atoms with E-state index in [0.29, 0.717) is 18.3 Å². The Balaban J connectivity index is 1.80. The Morgan fingerprint density at radius 3 is 3.11 bits per heavy atom. The summed E-state index contributed by atoms with van der Waals surface area (Å²) in [5.41, 5.74) is 0.377. The smallest absolute Gasteiger partial charge is 0.271 e. The Morgan fingerprint density at radius 1 is 1.58 bits per heavy atom. The maximum absolute atomic E-state index is 11.9. The second-order valence-electron chi connectivity index (χ2n) is 5.39. The van der Waals surface area contributed by atoms with Crippen LogP contribution in [0.2, 0.25) is 0 Å². The number of amides is 1. The minimum absolute atomic E-state index is 0.148. The van der Waals surface area contributed by atoms with E-state index in [4.69, 9.17) is 0 Å². The van der Waals surface area contributed by atoms with Gasteiger partial charge in [0, 0.05) is 31.5 Å². The van der Waals surface area contributed by atoms with E-state index in [0.717, 1.165) is 19.0 Å². The number of likely N-dealkylation sites (tertiary alicyclic amines) is 1. The van der Waals surface area contributed by atoms with Crippen LogP contribution in [0.4, 0.5) is 0 Å². The Labute approximate surface area is 114 Å². The van der Waals surface area contributed by atoms with Gasteiger partial charge in [0.2, 0.25) is 0 Å². The molecule has 2 rings (SSSR count). The summed E-state index contributed by atoms with van der Waals surface area (Å²) in [5.74, 6) is 0.608. The molecule has 19 heavy (non-hydrogen) atoms. The Hall–Kier alpha value is -1.49. The van der Waals surface area contributed by atoms with Crippen LogP contribution in [-0.2, 0) is 0 Å². The predicted molar refractivity (Wildman–Crippen MR) is 73.8 cm³/mol. The predicted octanol–water partition coefficient (Wildman–Crippen LogP) is 1.33. The van der Waals surface area contributed by atoms with E-state index in [1.54, 1.807) is 6.20 Å². The molecule has 2 heterocycles. The van der Waals surface area contributed by atoms with E-state index in [-0.39, 0.29) is 5.91 Å². The van der Waals surface area contributed by atoms with Gasteiger partial charge in [0.05, 0.1) is 6.20 Å². The van der Waals surface area contributed by atoms with Gasteiger partial charge in [-0.05, 0) is 32.2 Å². The van der Waals surface area contributed by atoms with Crippen LogP contribution in [0, 0.1) is 5.92 Å². The molecular formula is C14H22N4O. The maximum Gasteiger partial charge on any atom is 0.271 e. The third-order valence-corrected chi connectivity index (χ3v) is 3.67. The van der Waals surface area contributed by atoms with Crippen LogP contribution in [0.3, 0.4) is 0 Å². The lowest BCUT2D eigenvalue weighted by Gasteiger charge is -2.35. The number of carbonyl (C=O) groups excluding carboxylic acids is 1. The molecule has 2 atom stereocenters. The zero-order valence-corrected chi connectivity index (χ0v) is 11.7. The summed E-state index contributed by atoms with van der Waals surface area (Å²) in [7, 11) is 0. The third-order valence-electron chi connectivity index (χ3n) is 3.67. The molecule has 0 aromatic carbocycles. The Kier molecular flexibility index (Phi) is 4.85. The van der Waals surface area contributed by atoms with Gasteiger partial charge in [-0.3, -0.25) is 14.7 Å². The number of nitrogens with one attached hydrogen (secondary N) is 1. The number of piperidine rings is 1. The van der Waals surface area contributed by atoms with Gasteiger partial charge in [0.15, 0.2) is 0 Å². The van der Waals surface area contributed by atoms with Gasteiger partial charge in [-0.2, -0.15) is 0 Å². The van der Waals surface area contributed by atoms with Crippen LogP contribution in [0.25, 0.3) is 0 Å². The first kappa shape index (κ1) is 13.9. The van der Waals surface area contributed by atoms with Crippen molar-refractivity contribution in [3.05, 3.63) is 24.3 Å². The molecule has 0 saturated carbocycles. The van der Waals surface area contributed by atoms with E-state index < -0.39 is 0 Å². The van der Waals surface area contributed by atoms with Crippen LogP contribution in [0.5, 0.6) is 0 Å². The first-order chi connectivity index (χ1) is 9.16. The SMILES string of the molecule is C[C@H]1CCCN([C@@H](C)CNC(=O)c2cnccn2)C1.